The van der Waals surface area contributed by atoms with Crippen LogP contribution in [0.4, 0.5) is 0 Å². The molecule has 2 aliphatic rings. The van der Waals surface area contributed by atoms with E-state index in [0.29, 0.717) is 26.2 Å². The molecule has 0 aliphatic carbocycles. The van der Waals surface area contributed by atoms with E-state index in [9.17, 15) is 18.0 Å². The summed E-state index contributed by atoms with van der Waals surface area (Å²) < 4.78 is 26.9. The normalized spacial score (nSPS) is 20.5. The molecule has 7 nitrogen and oxygen atoms in total. The van der Waals surface area contributed by atoms with E-state index < -0.39 is 10.0 Å². The summed E-state index contributed by atoms with van der Waals surface area (Å²) in [6.45, 7) is 2.12. The summed E-state index contributed by atoms with van der Waals surface area (Å²) in [4.78, 5) is 29.0. The zero-order valence-electron chi connectivity index (χ0n) is 16.7. The molecular formula is C22H25N3O4S. The van der Waals surface area contributed by atoms with Crippen LogP contribution in [0.1, 0.15) is 12.0 Å². The number of rotatable bonds is 5. The molecule has 0 radical (unpaired) electrons. The molecule has 0 bridgehead atoms. The predicted octanol–water partition coefficient (Wildman–Crippen LogP) is 1.57. The first-order valence-corrected chi connectivity index (χ1v) is 11.5. The molecule has 2 fully saturated rings. The standard InChI is InChI=1S/C22H25N3O4S/c26-21-15-19(17-24(21)16-18-7-3-1-4-8-18)22(27)23-11-13-25(14-12-23)30(28,29)20-9-5-2-6-10-20/h1-10,19H,11-17H2/t19-/m1/s1. The van der Waals surface area contributed by atoms with Gasteiger partial charge in [0.2, 0.25) is 21.8 Å². The number of hydrogen-bond donors (Lipinski definition) is 0. The molecule has 1 atom stereocenters. The van der Waals surface area contributed by atoms with Crippen molar-refractivity contribution in [3.05, 3.63) is 66.2 Å². The zero-order chi connectivity index (χ0) is 21.1. The largest absolute Gasteiger partial charge is 0.340 e. The molecule has 2 heterocycles. The van der Waals surface area contributed by atoms with Gasteiger partial charge in [-0.25, -0.2) is 8.42 Å². The van der Waals surface area contributed by atoms with Gasteiger partial charge in [-0.15, -0.1) is 0 Å². The van der Waals surface area contributed by atoms with Crippen molar-refractivity contribution in [2.24, 2.45) is 5.92 Å². The van der Waals surface area contributed by atoms with Crippen molar-refractivity contribution in [3.63, 3.8) is 0 Å². The van der Waals surface area contributed by atoms with Gasteiger partial charge in [0.05, 0.1) is 10.8 Å². The molecule has 4 rings (SSSR count). The number of sulfonamides is 1. The topological polar surface area (TPSA) is 78.0 Å². The molecule has 0 spiro atoms. The molecule has 8 heteroatoms. The summed E-state index contributed by atoms with van der Waals surface area (Å²) >= 11 is 0. The van der Waals surface area contributed by atoms with E-state index in [1.165, 1.54) is 4.31 Å². The van der Waals surface area contributed by atoms with Crippen molar-refractivity contribution in [1.29, 1.82) is 0 Å². The minimum atomic E-state index is -3.55. The Morgan fingerprint density at radius 1 is 0.900 bits per heavy atom. The SMILES string of the molecule is O=C1C[C@@H](C(=O)N2CCN(S(=O)(=O)c3ccccc3)CC2)CN1Cc1ccccc1. The van der Waals surface area contributed by atoms with E-state index in [1.807, 2.05) is 30.3 Å². The Labute approximate surface area is 176 Å². The van der Waals surface area contributed by atoms with Gasteiger partial charge in [0.1, 0.15) is 0 Å². The Hall–Kier alpha value is -2.71. The minimum absolute atomic E-state index is 0.0116. The Balaban J connectivity index is 1.34. The van der Waals surface area contributed by atoms with Gasteiger partial charge in [0.25, 0.3) is 0 Å². The molecule has 2 amide bonds. The van der Waals surface area contributed by atoms with Gasteiger partial charge in [0, 0.05) is 45.7 Å². The molecule has 2 aromatic carbocycles. The van der Waals surface area contributed by atoms with Crippen molar-refractivity contribution in [1.82, 2.24) is 14.1 Å². The molecule has 30 heavy (non-hydrogen) atoms. The average Bonchev–Trinajstić information content (AvgIpc) is 3.15. The number of hydrogen-bond acceptors (Lipinski definition) is 4. The average molecular weight is 428 g/mol. The summed E-state index contributed by atoms with van der Waals surface area (Å²) in [5.74, 6) is -0.434. The second-order valence-corrected chi connectivity index (χ2v) is 9.64. The van der Waals surface area contributed by atoms with Gasteiger partial charge in [0.15, 0.2) is 0 Å². The lowest BCUT2D eigenvalue weighted by Crippen LogP contribution is -2.52. The monoisotopic (exact) mass is 427 g/mol. The van der Waals surface area contributed by atoms with Crippen LogP contribution in [0, 0.1) is 5.92 Å². The van der Waals surface area contributed by atoms with Crippen LogP contribution in [-0.2, 0) is 26.2 Å². The smallest absolute Gasteiger partial charge is 0.243 e. The fourth-order valence-corrected chi connectivity index (χ4v) is 5.49. The molecule has 2 saturated heterocycles. The van der Waals surface area contributed by atoms with Crippen LogP contribution in [-0.4, -0.2) is 67.1 Å². The summed E-state index contributed by atoms with van der Waals surface area (Å²) in [7, 11) is -3.55. The number of benzene rings is 2. The van der Waals surface area contributed by atoms with Gasteiger partial charge in [-0.3, -0.25) is 9.59 Å². The lowest BCUT2D eigenvalue weighted by Gasteiger charge is -2.35. The van der Waals surface area contributed by atoms with Gasteiger partial charge in [-0.2, -0.15) is 4.31 Å². The van der Waals surface area contributed by atoms with E-state index in [1.54, 1.807) is 40.1 Å². The molecular weight excluding hydrogens is 402 g/mol. The Kier molecular flexibility index (Phi) is 5.87. The van der Waals surface area contributed by atoms with Crippen LogP contribution in [0.15, 0.2) is 65.6 Å². The molecule has 158 valence electrons. The lowest BCUT2D eigenvalue weighted by atomic mass is 10.1. The number of carbonyl (C=O) groups is 2. The molecule has 2 aliphatic heterocycles. The number of nitrogens with zero attached hydrogens (tertiary/aromatic N) is 3. The highest BCUT2D eigenvalue weighted by molar-refractivity contribution is 7.89. The molecule has 0 saturated carbocycles. The summed E-state index contributed by atoms with van der Waals surface area (Å²) in [5, 5.41) is 0. The van der Waals surface area contributed by atoms with Gasteiger partial charge in [-0.1, -0.05) is 48.5 Å². The molecule has 0 aromatic heterocycles. The Morgan fingerprint density at radius 3 is 2.13 bits per heavy atom. The molecule has 2 aromatic rings. The van der Waals surface area contributed by atoms with Gasteiger partial charge < -0.3 is 9.80 Å². The van der Waals surface area contributed by atoms with Crippen LogP contribution in [0.3, 0.4) is 0 Å². The molecule has 0 N–H and O–H groups in total. The first-order valence-electron chi connectivity index (χ1n) is 10.1. The maximum Gasteiger partial charge on any atom is 0.243 e. The summed E-state index contributed by atoms with van der Waals surface area (Å²) in [6, 6.07) is 18.1. The van der Waals surface area contributed by atoms with Crippen molar-refractivity contribution in [2.75, 3.05) is 32.7 Å². The Morgan fingerprint density at radius 2 is 1.50 bits per heavy atom. The van der Waals surface area contributed by atoms with Crippen LogP contribution in [0.25, 0.3) is 0 Å². The van der Waals surface area contributed by atoms with E-state index in [-0.39, 0.29) is 42.1 Å². The van der Waals surface area contributed by atoms with Crippen LogP contribution < -0.4 is 0 Å². The first kappa shape index (κ1) is 20.6. The van der Waals surface area contributed by atoms with E-state index >= 15 is 0 Å². The van der Waals surface area contributed by atoms with Gasteiger partial charge in [-0.05, 0) is 17.7 Å². The highest BCUT2D eigenvalue weighted by atomic mass is 32.2. The number of piperazine rings is 1. The quantitative estimate of drug-likeness (QED) is 0.726. The van der Waals surface area contributed by atoms with Crippen molar-refractivity contribution in [2.45, 2.75) is 17.9 Å². The first-order chi connectivity index (χ1) is 14.4. The van der Waals surface area contributed by atoms with E-state index in [4.69, 9.17) is 0 Å². The summed E-state index contributed by atoms with van der Waals surface area (Å²) in [6.07, 6.45) is 0.216. The van der Waals surface area contributed by atoms with Crippen molar-refractivity contribution < 1.29 is 18.0 Å². The van der Waals surface area contributed by atoms with E-state index in [0.717, 1.165) is 5.56 Å². The lowest BCUT2D eigenvalue weighted by molar-refractivity contribution is -0.137. The third-order valence-electron chi connectivity index (χ3n) is 5.71. The predicted molar refractivity (Wildman–Crippen MR) is 112 cm³/mol. The minimum Gasteiger partial charge on any atom is -0.340 e. The van der Waals surface area contributed by atoms with Crippen molar-refractivity contribution in [3.8, 4) is 0 Å². The highest BCUT2D eigenvalue weighted by Crippen LogP contribution is 2.24. The van der Waals surface area contributed by atoms with Crippen molar-refractivity contribution >= 4 is 21.8 Å². The number of likely N-dealkylation sites (tertiary alicyclic amines) is 1. The van der Waals surface area contributed by atoms with Crippen LogP contribution in [0.5, 0.6) is 0 Å². The molecule has 0 unspecified atom stereocenters. The maximum atomic E-state index is 12.9. The second-order valence-electron chi connectivity index (χ2n) is 7.70. The fraction of sp³-hybridized carbons (Fsp3) is 0.364. The van der Waals surface area contributed by atoms with Crippen LogP contribution in [0.2, 0.25) is 0 Å². The third kappa shape index (κ3) is 4.24. The highest BCUT2D eigenvalue weighted by Gasteiger charge is 2.38. The van der Waals surface area contributed by atoms with Gasteiger partial charge >= 0.3 is 0 Å². The van der Waals surface area contributed by atoms with Crippen LogP contribution >= 0.6 is 0 Å². The zero-order valence-corrected chi connectivity index (χ0v) is 17.5. The Bertz CT molecular complexity index is 1000. The maximum absolute atomic E-state index is 12.9. The second kappa shape index (κ2) is 8.57. The number of amides is 2. The fourth-order valence-electron chi connectivity index (χ4n) is 4.04. The van der Waals surface area contributed by atoms with E-state index in [2.05, 4.69) is 0 Å². The summed E-state index contributed by atoms with van der Waals surface area (Å²) in [5.41, 5.74) is 1.04. The third-order valence-corrected chi connectivity index (χ3v) is 7.62. The number of carbonyl (C=O) groups excluding carboxylic acids is 2.